The fourth-order valence-electron chi connectivity index (χ4n) is 0.334. The van der Waals surface area contributed by atoms with Gasteiger partial charge in [-0.25, -0.2) is 9.90 Å². The third-order valence-corrected chi connectivity index (χ3v) is 0.818. The van der Waals surface area contributed by atoms with E-state index >= 15 is 0 Å². The van der Waals surface area contributed by atoms with Crippen molar-refractivity contribution in [1.82, 2.24) is 0 Å². The van der Waals surface area contributed by atoms with E-state index in [0.717, 1.165) is 0 Å². The first-order valence-electron chi connectivity index (χ1n) is 3.07. The van der Waals surface area contributed by atoms with Crippen molar-refractivity contribution >= 4 is 5.97 Å². The van der Waals surface area contributed by atoms with Gasteiger partial charge in [0.2, 0.25) is 0 Å². The van der Waals surface area contributed by atoms with Gasteiger partial charge in [0, 0.05) is 7.11 Å². The molecular formula is C6H11O5. The number of ether oxygens (including phenoxy) is 3. The largest absolute Gasteiger partial charge is 0.436 e. The summed E-state index contributed by atoms with van der Waals surface area (Å²) < 4.78 is 13.4. The first-order chi connectivity index (χ1) is 5.18. The monoisotopic (exact) mass is 163 g/mol. The maximum Gasteiger partial charge on any atom is 0.340 e. The molecule has 0 aromatic rings. The Labute approximate surface area is 64.9 Å². The van der Waals surface area contributed by atoms with Crippen molar-refractivity contribution in [3.8, 4) is 0 Å². The van der Waals surface area contributed by atoms with Gasteiger partial charge in [-0.05, 0) is 6.92 Å². The lowest BCUT2D eigenvalue weighted by Crippen LogP contribution is -2.19. The smallest absolute Gasteiger partial charge is 0.340 e. The molecule has 11 heavy (non-hydrogen) atoms. The highest BCUT2D eigenvalue weighted by Gasteiger charge is 2.11. The number of rotatable bonds is 5. The Kier molecular flexibility index (Phi) is 5.73. The van der Waals surface area contributed by atoms with Crippen LogP contribution in [-0.2, 0) is 24.1 Å². The first kappa shape index (κ1) is 10.3. The Hall–Kier alpha value is -0.650. The summed E-state index contributed by atoms with van der Waals surface area (Å²) in [5.41, 5.74) is 0. The number of esters is 1. The van der Waals surface area contributed by atoms with Crippen molar-refractivity contribution in [2.45, 2.75) is 13.0 Å². The Morgan fingerprint density at radius 1 is 1.45 bits per heavy atom. The van der Waals surface area contributed by atoms with E-state index in [2.05, 4.69) is 14.2 Å². The highest BCUT2D eigenvalue weighted by molar-refractivity contribution is 5.73. The van der Waals surface area contributed by atoms with Crippen LogP contribution in [0.5, 0.6) is 0 Å². The molecule has 0 aliphatic heterocycles. The second-order valence-corrected chi connectivity index (χ2v) is 1.83. The van der Waals surface area contributed by atoms with Gasteiger partial charge < -0.3 is 14.2 Å². The number of methoxy groups -OCH3 is 1. The van der Waals surface area contributed by atoms with Gasteiger partial charge in [0.25, 0.3) is 0 Å². The van der Waals surface area contributed by atoms with Crippen molar-refractivity contribution in [2.24, 2.45) is 0 Å². The molecule has 1 radical (unpaired) electrons. The van der Waals surface area contributed by atoms with Crippen LogP contribution in [0.1, 0.15) is 6.92 Å². The van der Waals surface area contributed by atoms with Gasteiger partial charge in [-0.15, -0.1) is 0 Å². The van der Waals surface area contributed by atoms with Crippen LogP contribution < -0.4 is 0 Å². The number of carbonyl (C=O) groups excluding carboxylic acids is 1. The first-order valence-corrected chi connectivity index (χ1v) is 3.07. The van der Waals surface area contributed by atoms with E-state index in [4.69, 9.17) is 0 Å². The molecule has 5 heteroatoms. The second kappa shape index (κ2) is 6.09. The van der Waals surface area contributed by atoms with Crippen molar-refractivity contribution in [1.29, 1.82) is 0 Å². The van der Waals surface area contributed by atoms with Gasteiger partial charge in [-0.2, -0.15) is 0 Å². The third-order valence-electron chi connectivity index (χ3n) is 0.818. The standard InChI is InChI=1S/C6H11O5/c1-5(7)6(8)11-4-10-3-9-2/h5H,3-4H2,1-2H3. The quantitative estimate of drug-likeness (QED) is 0.323. The molecule has 0 rings (SSSR count). The molecule has 0 N–H and O–H groups in total. The molecule has 0 amide bonds. The van der Waals surface area contributed by atoms with Crippen molar-refractivity contribution in [2.75, 3.05) is 20.7 Å². The molecular weight excluding hydrogens is 152 g/mol. The molecule has 0 saturated heterocycles. The van der Waals surface area contributed by atoms with Gasteiger partial charge in [0.1, 0.15) is 6.79 Å². The molecule has 5 nitrogen and oxygen atoms in total. The maximum absolute atomic E-state index is 10.5. The van der Waals surface area contributed by atoms with E-state index in [1.54, 1.807) is 0 Å². The topological polar surface area (TPSA) is 64.7 Å². The van der Waals surface area contributed by atoms with Crippen LogP contribution in [0.15, 0.2) is 0 Å². The molecule has 0 aromatic heterocycles. The predicted molar refractivity (Wildman–Crippen MR) is 34.1 cm³/mol. The van der Waals surface area contributed by atoms with Crippen LogP contribution in [0, 0.1) is 0 Å². The van der Waals surface area contributed by atoms with Gasteiger partial charge in [0.05, 0.1) is 0 Å². The third kappa shape index (κ3) is 5.78. The zero-order valence-corrected chi connectivity index (χ0v) is 6.53. The molecule has 0 fully saturated rings. The van der Waals surface area contributed by atoms with E-state index in [9.17, 15) is 9.90 Å². The molecule has 0 saturated carbocycles. The minimum Gasteiger partial charge on any atom is -0.436 e. The minimum absolute atomic E-state index is 0.0422. The summed E-state index contributed by atoms with van der Waals surface area (Å²) in [6.07, 6.45) is -1.36. The predicted octanol–water partition coefficient (Wildman–Crippen LogP) is -0.0734. The molecule has 0 aliphatic rings. The zero-order chi connectivity index (χ0) is 8.69. The molecule has 65 valence electrons. The van der Waals surface area contributed by atoms with E-state index < -0.39 is 12.1 Å². The Morgan fingerprint density at radius 3 is 2.55 bits per heavy atom. The average Bonchev–Trinajstić information content (AvgIpc) is 1.97. The summed E-state index contributed by atoms with van der Waals surface area (Å²) in [6, 6.07) is 0. The van der Waals surface area contributed by atoms with Gasteiger partial charge >= 0.3 is 5.97 Å². The van der Waals surface area contributed by atoms with Crippen LogP contribution in [0.25, 0.3) is 0 Å². The fraction of sp³-hybridized carbons (Fsp3) is 0.833. The highest BCUT2D eigenvalue weighted by atomic mass is 16.7. The normalized spacial score (nSPS) is 12.6. The molecule has 0 aromatic carbocycles. The van der Waals surface area contributed by atoms with E-state index in [-0.39, 0.29) is 13.6 Å². The van der Waals surface area contributed by atoms with Crippen LogP contribution in [0.4, 0.5) is 0 Å². The fourth-order valence-corrected chi connectivity index (χ4v) is 0.334. The van der Waals surface area contributed by atoms with Crippen LogP contribution >= 0.6 is 0 Å². The number of hydrogen-bond acceptors (Lipinski definition) is 4. The lowest BCUT2D eigenvalue weighted by Gasteiger charge is -2.04. The minimum atomic E-state index is -1.36. The summed E-state index contributed by atoms with van der Waals surface area (Å²) in [7, 11) is 1.44. The van der Waals surface area contributed by atoms with E-state index in [1.165, 1.54) is 14.0 Å². The van der Waals surface area contributed by atoms with Crippen molar-refractivity contribution in [3.05, 3.63) is 0 Å². The average molecular weight is 163 g/mol. The number of hydrogen-bond donors (Lipinski definition) is 0. The lowest BCUT2D eigenvalue weighted by molar-refractivity contribution is -0.176. The van der Waals surface area contributed by atoms with Crippen LogP contribution in [0.2, 0.25) is 0 Å². The molecule has 0 aliphatic carbocycles. The lowest BCUT2D eigenvalue weighted by atomic mass is 10.4. The summed E-state index contributed by atoms with van der Waals surface area (Å²) in [5, 5.41) is 10.3. The zero-order valence-electron chi connectivity index (χ0n) is 6.53. The van der Waals surface area contributed by atoms with Gasteiger partial charge in [0.15, 0.2) is 12.9 Å². The molecule has 0 heterocycles. The van der Waals surface area contributed by atoms with Crippen LogP contribution in [-0.4, -0.2) is 32.8 Å². The van der Waals surface area contributed by atoms with Crippen molar-refractivity contribution < 1.29 is 24.1 Å². The Morgan fingerprint density at radius 2 is 2.09 bits per heavy atom. The van der Waals surface area contributed by atoms with Gasteiger partial charge in [-0.1, -0.05) is 0 Å². The second-order valence-electron chi connectivity index (χ2n) is 1.83. The summed E-state index contributed by atoms with van der Waals surface area (Å²) in [5.74, 6) is -0.818. The maximum atomic E-state index is 10.5. The summed E-state index contributed by atoms with van der Waals surface area (Å²) >= 11 is 0. The highest BCUT2D eigenvalue weighted by Crippen LogP contribution is 1.87. The molecule has 0 spiro atoms. The molecule has 1 atom stereocenters. The van der Waals surface area contributed by atoms with Crippen molar-refractivity contribution in [3.63, 3.8) is 0 Å². The molecule has 1 unspecified atom stereocenters. The molecule has 0 bridgehead atoms. The summed E-state index contributed by atoms with van der Waals surface area (Å²) in [4.78, 5) is 10.5. The Bertz CT molecular complexity index is 112. The van der Waals surface area contributed by atoms with Crippen LogP contribution in [0.3, 0.4) is 0 Å². The number of carbonyl (C=O) groups is 1. The Balaban J connectivity index is 3.18. The summed E-state index contributed by atoms with van der Waals surface area (Å²) in [6.45, 7) is 1.01. The SMILES string of the molecule is COCOCOC(=O)C(C)[O]. The van der Waals surface area contributed by atoms with E-state index in [0.29, 0.717) is 0 Å². The van der Waals surface area contributed by atoms with E-state index in [1.807, 2.05) is 0 Å². The van der Waals surface area contributed by atoms with Gasteiger partial charge in [-0.3, -0.25) is 0 Å².